The number of nitrogens with one attached hydrogen (secondary N) is 1. The quantitative estimate of drug-likeness (QED) is 0.401. The normalized spacial score (nSPS) is 16.3. The van der Waals surface area contributed by atoms with Crippen LogP contribution in [0.25, 0.3) is 5.57 Å². The molecule has 6 nitrogen and oxygen atoms in total. The largest absolute Gasteiger partial charge is 0.454 e. The van der Waals surface area contributed by atoms with Gasteiger partial charge in [-0.1, -0.05) is 24.3 Å². The van der Waals surface area contributed by atoms with Crippen LogP contribution >= 0.6 is 0 Å². The van der Waals surface area contributed by atoms with Gasteiger partial charge < -0.3 is 9.47 Å². The summed E-state index contributed by atoms with van der Waals surface area (Å²) in [4.78, 5) is 12.4. The van der Waals surface area contributed by atoms with Crippen molar-refractivity contribution in [2.24, 2.45) is 5.10 Å². The smallest absolute Gasteiger partial charge is 0.282 e. The van der Waals surface area contributed by atoms with E-state index in [-0.39, 0.29) is 12.4 Å². The molecule has 0 bridgehead atoms. The van der Waals surface area contributed by atoms with Crippen molar-refractivity contribution in [1.29, 1.82) is 5.26 Å². The molecule has 0 saturated heterocycles. The van der Waals surface area contributed by atoms with Gasteiger partial charge in [0.15, 0.2) is 11.5 Å². The molecule has 1 N–H and O–H groups in total. The van der Waals surface area contributed by atoms with Crippen LogP contribution < -0.4 is 14.9 Å². The molecule has 0 fully saturated rings. The Morgan fingerprint density at radius 2 is 2.00 bits per heavy atom. The Labute approximate surface area is 150 Å². The maximum Gasteiger partial charge on any atom is 0.282 e. The third kappa shape index (κ3) is 2.91. The number of nitrogens with zero attached hydrogens (tertiary/aromatic N) is 2. The molecule has 2 aromatic rings. The number of amides is 1. The molecular formula is C20H15N3O3. The van der Waals surface area contributed by atoms with Crippen molar-refractivity contribution in [2.45, 2.75) is 12.8 Å². The van der Waals surface area contributed by atoms with E-state index in [1.54, 1.807) is 18.2 Å². The van der Waals surface area contributed by atoms with Gasteiger partial charge in [-0.3, -0.25) is 4.79 Å². The van der Waals surface area contributed by atoms with Crippen LogP contribution in [0.3, 0.4) is 0 Å². The molecule has 0 aromatic heterocycles. The molecule has 0 spiro atoms. The maximum absolute atomic E-state index is 12.4. The lowest BCUT2D eigenvalue weighted by Gasteiger charge is -2.04. The summed E-state index contributed by atoms with van der Waals surface area (Å²) in [5, 5.41) is 13.4. The summed E-state index contributed by atoms with van der Waals surface area (Å²) in [6.07, 6.45) is 3.02. The zero-order valence-electron chi connectivity index (χ0n) is 13.9. The van der Waals surface area contributed by atoms with Crippen LogP contribution in [-0.2, 0) is 11.2 Å². The van der Waals surface area contributed by atoms with Crippen molar-refractivity contribution >= 4 is 17.7 Å². The van der Waals surface area contributed by atoms with Crippen molar-refractivity contribution in [3.05, 3.63) is 64.7 Å². The zero-order valence-corrected chi connectivity index (χ0v) is 13.9. The van der Waals surface area contributed by atoms with Gasteiger partial charge in [-0.2, -0.15) is 10.4 Å². The highest BCUT2D eigenvalue weighted by Gasteiger charge is 2.23. The molecule has 0 radical (unpaired) electrons. The van der Waals surface area contributed by atoms with Gasteiger partial charge in [-0.05, 0) is 53.3 Å². The first-order valence-corrected chi connectivity index (χ1v) is 8.21. The predicted molar refractivity (Wildman–Crippen MR) is 95.6 cm³/mol. The monoisotopic (exact) mass is 345 g/mol. The lowest BCUT2D eigenvalue weighted by atomic mass is 10.0. The molecule has 1 amide bonds. The van der Waals surface area contributed by atoms with E-state index < -0.39 is 5.91 Å². The number of ether oxygens (including phenoxy) is 2. The number of aryl methyl sites for hydroxylation is 1. The summed E-state index contributed by atoms with van der Waals surface area (Å²) in [7, 11) is 0. The number of fused-ring (bicyclic) bond motifs is 2. The Morgan fingerprint density at radius 3 is 2.88 bits per heavy atom. The van der Waals surface area contributed by atoms with Crippen LogP contribution in [-0.4, -0.2) is 18.9 Å². The van der Waals surface area contributed by atoms with Crippen molar-refractivity contribution in [3.63, 3.8) is 0 Å². The number of benzene rings is 2. The van der Waals surface area contributed by atoms with E-state index in [4.69, 9.17) is 9.47 Å². The van der Waals surface area contributed by atoms with Crippen molar-refractivity contribution in [3.8, 4) is 17.6 Å². The summed E-state index contributed by atoms with van der Waals surface area (Å²) in [5.74, 6) is 0.821. The van der Waals surface area contributed by atoms with Gasteiger partial charge in [0.05, 0.1) is 6.21 Å². The van der Waals surface area contributed by atoms with Crippen LogP contribution in [0.15, 0.2) is 53.1 Å². The Morgan fingerprint density at radius 1 is 1.15 bits per heavy atom. The highest BCUT2D eigenvalue weighted by Crippen LogP contribution is 2.34. The minimum atomic E-state index is -0.504. The third-order valence-corrected chi connectivity index (χ3v) is 4.40. The van der Waals surface area contributed by atoms with E-state index in [0.717, 1.165) is 28.7 Å². The molecule has 0 unspecified atom stereocenters. The summed E-state index contributed by atoms with van der Waals surface area (Å²) in [5.41, 5.74) is 6.21. The number of allylic oxidation sites excluding steroid dienone is 1. The average Bonchev–Trinajstić information content (AvgIpc) is 3.29. The van der Waals surface area contributed by atoms with Gasteiger partial charge in [0.2, 0.25) is 6.79 Å². The SMILES string of the molecule is N#C/C(C(=O)N/N=C/c1ccc2c(c1)OCO2)=C1/CCc2ccccc21. The number of carbonyl (C=O) groups is 1. The number of rotatable bonds is 3. The molecule has 26 heavy (non-hydrogen) atoms. The van der Waals surface area contributed by atoms with E-state index in [0.29, 0.717) is 17.9 Å². The fraction of sp³-hybridized carbons (Fsp3) is 0.150. The van der Waals surface area contributed by atoms with E-state index in [2.05, 4.69) is 10.5 Å². The first-order valence-electron chi connectivity index (χ1n) is 8.21. The Hall–Kier alpha value is -3.59. The summed E-state index contributed by atoms with van der Waals surface area (Å²) < 4.78 is 10.6. The van der Waals surface area contributed by atoms with Crippen LogP contribution in [0.5, 0.6) is 11.5 Å². The Balaban J connectivity index is 1.51. The molecule has 2 aliphatic rings. The summed E-state index contributed by atoms with van der Waals surface area (Å²) in [6, 6.07) is 15.2. The van der Waals surface area contributed by atoms with Crippen molar-refractivity contribution < 1.29 is 14.3 Å². The third-order valence-electron chi connectivity index (χ3n) is 4.40. The van der Waals surface area contributed by atoms with Crippen LogP contribution in [0.4, 0.5) is 0 Å². The van der Waals surface area contributed by atoms with E-state index >= 15 is 0 Å². The highest BCUT2D eigenvalue weighted by molar-refractivity contribution is 6.06. The molecule has 0 atom stereocenters. The van der Waals surface area contributed by atoms with E-state index in [9.17, 15) is 10.1 Å². The van der Waals surface area contributed by atoms with Gasteiger partial charge in [0.25, 0.3) is 5.91 Å². The van der Waals surface area contributed by atoms with Crippen molar-refractivity contribution in [2.75, 3.05) is 6.79 Å². The average molecular weight is 345 g/mol. The lowest BCUT2D eigenvalue weighted by Crippen LogP contribution is -2.20. The van der Waals surface area contributed by atoms with E-state index in [1.807, 2.05) is 30.3 Å². The second-order valence-electron chi connectivity index (χ2n) is 5.93. The number of hydrogen-bond acceptors (Lipinski definition) is 5. The lowest BCUT2D eigenvalue weighted by molar-refractivity contribution is -0.117. The maximum atomic E-state index is 12.4. The van der Waals surface area contributed by atoms with Gasteiger partial charge in [-0.25, -0.2) is 5.43 Å². The number of hydrogen-bond donors (Lipinski definition) is 1. The molecule has 2 aromatic carbocycles. The molecular weight excluding hydrogens is 330 g/mol. The molecule has 4 rings (SSSR count). The highest BCUT2D eigenvalue weighted by atomic mass is 16.7. The van der Waals surface area contributed by atoms with Gasteiger partial charge in [0, 0.05) is 0 Å². The number of carbonyl (C=O) groups excluding carboxylic acids is 1. The molecule has 128 valence electrons. The molecule has 0 saturated carbocycles. The molecule has 6 heteroatoms. The Bertz CT molecular complexity index is 986. The minimum Gasteiger partial charge on any atom is -0.454 e. The summed E-state index contributed by atoms with van der Waals surface area (Å²) >= 11 is 0. The fourth-order valence-electron chi connectivity index (χ4n) is 3.16. The molecule has 1 aliphatic heterocycles. The van der Waals surface area contributed by atoms with Crippen molar-refractivity contribution in [1.82, 2.24) is 5.43 Å². The fourth-order valence-corrected chi connectivity index (χ4v) is 3.16. The second-order valence-corrected chi connectivity index (χ2v) is 5.93. The van der Waals surface area contributed by atoms with Crippen LogP contribution in [0, 0.1) is 11.3 Å². The summed E-state index contributed by atoms with van der Waals surface area (Å²) in [6.45, 7) is 0.202. The van der Waals surface area contributed by atoms with E-state index in [1.165, 1.54) is 6.21 Å². The second kappa shape index (κ2) is 6.73. The topological polar surface area (TPSA) is 83.7 Å². The van der Waals surface area contributed by atoms with Gasteiger partial charge in [-0.15, -0.1) is 0 Å². The zero-order chi connectivity index (χ0) is 17.9. The molecule has 1 heterocycles. The van der Waals surface area contributed by atoms with Gasteiger partial charge in [0.1, 0.15) is 11.6 Å². The first-order chi connectivity index (χ1) is 12.8. The number of nitriles is 1. The standard InChI is InChI=1S/C20H15N3O3/c21-10-17(16-7-6-14-3-1-2-4-15(14)16)20(24)23-22-11-13-5-8-18-19(9-13)26-12-25-18/h1-5,8-9,11H,6-7,12H2,(H,23,24)/b17-16+,22-11+. The van der Waals surface area contributed by atoms with Crippen LogP contribution in [0.2, 0.25) is 0 Å². The first kappa shape index (κ1) is 15.9. The minimum absolute atomic E-state index is 0.109. The molecule has 1 aliphatic carbocycles. The van der Waals surface area contributed by atoms with Crippen LogP contribution in [0.1, 0.15) is 23.1 Å². The predicted octanol–water partition coefficient (Wildman–Crippen LogP) is 2.79. The Kier molecular flexibility index (Phi) is 4.12. The number of hydrazone groups is 1. The van der Waals surface area contributed by atoms with Gasteiger partial charge >= 0.3 is 0 Å².